The lowest BCUT2D eigenvalue weighted by Gasteiger charge is -2.18. The summed E-state index contributed by atoms with van der Waals surface area (Å²) in [5, 5.41) is 0. The molecule has 384 valence electrons. The van der Waals surface area contributed by atoms with Crippen LogP contribution in [0.25, 0.3) is 0 Å². The summed E-state index contributed by atoms with van der Waals surface area (Å²) in [4.78, 5) is 38.1. The van der Waals surface area contributed by atoms with Gasteiger partial charge in [0.15, 0.2) is 6.10 Å². The minimum Gasteiger partial charge on any atom is -0.462 e. The second kappa shape index (κ2) is 55.0. The predicted molar refractivity (Wildman–Crippen MR) is 284 cm³/mol. The summed E-state index contributed by atoms with van der Waals surface area (Å²) in [6.07, 6.45) is 66.7. The molecule has 0 aliphatic carbocycles. The lowest BCUT2D eigenvalue weighted by molar-refractivity contribution is -0.167. The van der Waals surface area contributed by atoms with Gasteiger partial charge in [-0.2, -0.15) is 0 Å². The third-order valence-electron chi connectivity index (χ3n) is 12.6. The molecule has 0 N–H and O–H groups in total. The molecule has 0 saturated carbocycles. The second-order valence-corrected chi connectivity index (χ2v) is 19.2. The van der Waals surface area contributed by atoms with Crippen molar-refractivity contribution in [3.8, 4) is 0 Å². The molecule has 0 saturated heterocycles. The SMILES string of the molecule is CCCCCCCCC/C=C\C=C/CCCCCCCC(=O)OCC(COC(=O)CCCCC/C=C\CCCCCCCCC)OC(=O)CCCCCCC/C=C\CCCCCCCCC. The highest BCUT2D eigenvalue weighted by Gasteiger charge is 2.19. The second-order valence-electron chi connectivity index (χ2n) is 19.2. The Labute approximate surface area is 409 Å². The highest BCUT2D eigenvalue weighted by atomic mass is 16.6. The highest BCUT2D eigenvalue weighted by molar-refractivity contribution is 5.71. The van der Waals surface area contributed by atoms with E-state index in [2.05, 4.69) is 69.4 Å². The number of hydrogen-bond donors (Lipinski definition) is 0. The fourth-order valence-corrected chi connectivity index (χ4v) is 8.19. The van der Waals surface area contributed by atoms with E-state index in [1.807, 2.05) is 0 Å². The maximum atomic E-state index is 12.8. The van der Waals surface area contributed by atoms with Crippen LogP contribution in [0.1, 0.15) is 297 Å². The molecular weight excluding hydrogens is 817 g/mol. The number of carbonyl (C=O) groups is 3. The van der Waals surface area contributed by atoms with E-state index in [4.69, 9.17) is 14.2 Å². The Morgan fingerprint density at radius 3 is 0.864 bits per heavy atom. The summed E-state index contributed by atoms with van der Waals surface area (Å²) in [5.74, 6) is -0.914. The van der Waals surface area contributed by atoms with Crippen molar-refractivity contribution in [2.75, 3.05) is 13.2 Å². The Morgan fingerprint density at radius 1 is 0.303 bits per heavy atom. The fourth-order valence-electron chi connectivity index (χ4n) is 8.19. The molecule has 0 aliphatic rings. The topological polar surface area (TPSA) is 78.9 Å². The Kier molecular flexibility index (Phi) is 52.8. The van der Waals surface area contributed by atoms with E-state index in [1.54, 1.807) is 0 Å². The molecule has 1 atom stereocenters. The van der Waals surface area contributed by atoms with Crippen molar-refractivity contribution >= 4 is 17.9 Å². The van der Waals surface area contributed by atoms with Gasteiger partial charge in [-0.1, -0.05) is 230 Å². The maximum absolute atomic E-state index is 12.8. The van der Waals surface area contributed by atoms with E-state index in [1.165, 1.54) is 154 Å². The van der Waals surface area contributed by atoms with Crippen LogP contribution in [0.2, 0.25) is 0 Å². The minimum absolute atomic E-state index is 0.0879. The van der Waals surface area contributed by atoms with Gasteiger partial charge in [-0.25, -0.2) is 0 Å². The Hall–Kier alpha value is -2.63. The molecule has 0 bridgehead atoms. The average molecular weight is 926 g/mol. The number of ether oxygens (including phenoxy) is 3. The molecule has 0 radical (unpaired) electrons. The fraction of sp³-hybridized carbons (Fsp3) is 0.817. The molecule has 0 amide bonds. The molecule has 0 aliphatic heterocycles. The van der Waals surface area contributed by atoms with E-state index >= 15 is 0 Å². The van der Waals surface area contributed by atoms with Gasteiger partial charge < -0.3 is 14.2 Å². The molecule has 0 fully saturated rings. The lowest BCUT2D eigenvalue weighted by atomic mass is 10.1. The van der Waals surface area contributed by atoms with E-state index in [0.29, 0.717) is 19.3 Å². The van der Waals surface area contributed by atoms with Crippen molar-refractivity contribution in [1.29, 1.82) is 0 Å². The van der Waals surface area contributed by atoms with Crippen LogP contribution in [0.5, 0.6) is 0 Å². The maximum Gasteiger partial charge on any atom is 0.306 e. The number of rotatable bonds is 52. The molecule has 6 heteroatoms. The summed E-state index contributed by atoms with van der Waals surface area (Å²) < 4.78 is 16.8. The van der Waals surface area contributed by atoms with Crippen molar-refractivity contribution in [2.24, 2.45) is 0 Å². The largest absolute Gasteiger partial charge is 0.462 e. The number of hydrogen-bond acceptors (Lipinski definition) is 6. The molecule has 0 rings (SSSR count). The van der Waals surface area contributed by atoms with Gasteiger partial charge in [0.2, 0.25) is 0 Å². The van der Waals surface area contributed by atoms with Crippen molar-refractivity contribution in [3.63, 3.8) is 0 Å². The summed E-state index contributed by atoms with van der Waals surface area (Å²) >= 11 is 0. The van der Waals surface area contributed by atoms with E-state index in [-0.39, 0.29) is 31.1 Å². The first kappa shape index (κ1) is 63.4. The van der Waals surface area contributed by atoms with Gasteiger partial charge in [0.05, 0.1) is 0 Å². The Bertz CT molecular complexity index is 1150. The third-order valence-corrected chi connectivity index (χ3v) is 12.6. The van der Waals surface area contributed by atoms with Crippen LogP contribution < -0.4 is 0 Å². The zero-order valence-electron chi connectivity index (χ0n) is 44.0. The first-order valence-corrected chi connectivity index (χ1v) is 28.7. The minimum atomic E-state index is -0.789. The van der Waals surface area contributed by atoms with Crippen LogP contribution in [-0.2, 0) is 28.6 Å². The van der Waals surface area contributed by atoms with Crippen LogP contribution in [0.4, 0.5) is 0 Å². The smallest absolute Gasteiger partial charge is 0.306 e. The average Bonchev–Trinajstić information content (AvgIpc) is 3.31. The summed E-state index contributed by atoms with van der Waals surface area (Å²) in [7, 11) is 0. The van der Waals surface area contributed by atoms with Crippen LogP contribution in [-0.4, -0.2) is 37.2 Å². The molecule has 66 heavy (non-hydrogen) atoms. The lowest BCUT2D eigenvalue weighted by Crippen LogP contribution is -2.30. The van der Waals surface area contributed by atoms with Crippen LogP contribution in [0.3, 0.4) is 0 Å². The monoisotopic (exact) mass is 925 g/mol. The standard InChI is InChI=1S/C60H108O6/c1-4-7-10-13-16-19-22-25-28-30-31-33-35-38-41-44-47-50-53-59(62)65-56-57(55-64-58(61)52-49-46-43-40-37-34-27-24-21-18-15-12-9-6-3)66-60(63)54-51-48-45-42-39-36-32-29-26-23-20-17-14-11-8-5-2/h28-34,37,57H,4-27,35-36,38-56H2,1-3H3/b30-28-,32-29-,33-31-,37-34-. The quantitative estimate of drug-likeness (QED) is 0.0199. The van der Waals surface area contributed by atoms with Crippen LogP contribution >= 0.6 is 0 Å². The Balaban J connectivity index is 4.41. The molecule has 0 spiro atoms. The molecule has 1 unspecified atom stereocenters. The molecule has 0 aromatic carbocycles. The normalized spacial score (nSPS) is 12.3. The third kappa shape index (κ3) is 52.3. The van der Waals surface area contributed by atoms with Crippen molar-refractivity contribution < 1.29 is 28.6 Å². The zero-order chi connectivity index (χ0) is 47.9. The first-order chi connectivity index (χ1) is 32.5. The highest BCUT2D eigenvalue weighted by Crippen LogP contribution is 2.15. The molecule has 6 nitrogen and oxygen atoms in total. The first-order valence-electron chi connectivity index (χ1n) is 28.7. The van der Waals surface area contributed by atoms with Gasteiger partial charge >= 0.3 is 17.9 Å². The van der Waals surface area contributed by atoms with E-state index < -0.39 is 6.10 Å². The Morgan fingerprint density at radius 2 is 0.545 bits per heavy atom. The number of unbranched alkanes of at least 4 members (excludes halogenated alkanes) is 34. The number of esters is 3. The van der Waals surface area contributed by atoms with Crippen LogP contribution in [0.15, 0.2) is 48.6 Å². The van der Waals surface area contributed by atoms with Gasteiger partial charge in [0, 0.05) is 19.3 Å². The van der Waals surface area contributed by atoms with E-state index in [9.17, 15) is 14.4 Å². The molecular formula is C60H108O6. The van der Waals surface area contributed by atoms with Gasteiger partial charge in [-0.15, -0.1) is 0 Å². The summed E-state index contributed by atoms with van der Waals surface area (Å²) in [5.41, 5.74) is 0. The van der Waals surface area contributed by atoms with Crippen molar-refractivity contribution in [3.05, 3.63) is 48.6 Å². The molecule has 0 heterocycles. The van der Waals surface area contributed by atoms with Crippen molar-refractivity contribution in [2.45, 2.75) is 303 Å². The van der Waals surface area contributed by atoms with Crippen molar-refractivity contribution in [1.82, 2.24) is 0 Å². The van der Waals surface area contributed by atoms with Gasteiger partial charge in [0.25, 0.3) is 0 Å². The summed E-state index contributed by atoms with van der Waals surface area (Å²) in [6, 6.07) is 0. The van der Waals surface area contributed by atoms with Gasteiger partial charge in [0.1, 0.15) is 13.2 Å². The molecule has 0 aromatic rings. The summed E-state index contributed by atoms with van der Waals surface area (Å²) in [6.45, 7) is 6.62. The molecule has 0 aromatic heterocycles. The zero-order valence-corrected chi connectivity index (χ0v) is 44.0. The predicted octanol–water partition coefficient (Wildman–Crippen LogP) is 19.0. The van der Waals surface area contributed by atoms with E-state index in [0.717, 1.165) is 103 Å². The number of carbonyl (C=O) groups excluding carboxylic acids is 3. The van der Waals surface area contributed by atoms with Gasteiger partial charge in [-0.05, 0) is 96.3 Å². The number of allylic oxidation sites excluding steroid dienone is 8. The van der Waals surface area contributed by atoms with Gasteiger partial charge in [-0.3, -0.25) is 14.4 Å². The van der Waals surface area contributed by atoms with Crippen LogP contribution in [0, 0.1) is 0 Å².